The molecule has 0 saturated heterocycles. The summed E-state index contributed by atoms with van der Waals surface area (Å²) in [7, 11) is 0. The van der Waals surface area contributed by atoms with Gasteiger partial charge in [0.05, 0.1) is 6.61 Å². The standard InChI is InChI=1S/C8H18O2/c1-7(6-10-9)5-8(2,3)4/h7,9H,5-6H2,1-4H3. The maximum Gasteiger partial charge on any atom is 0.0845 e. The van der Waals surface area contributed by atoms with Gasteiger partial charge >= 0.3 is 0 Å². The fraction of sp³-hybridized carbons (Fsp3) is 1.00. The molecule has 0 aromatic heterocycles. The average molecular weight is 146 g/mol. The second-order valence-electron chi connectivity index (χ2n) is 4.17. The zero-order valence-corrected chi connectivity index (χ0v) is 7.35. The third kappa shape index (κ3) is 6.05. The third-order valence-corrected chi connectivity index (χ3v) is 1.32. The van der Waals surface area contributed by atoms with Crippen LogP contribution in [0.4, 0.5) is 0 Å². The predicted octanol–water partition coefficient (Wildman–Crippen LogP) is 2.55. The van der Waals surface area contributed by atoms with E-state index in [0.29, 0.717) is 17.9 Å². The molecule has 10 heavy (non-hydrogen) atoms. The van der Waals surface area contributed by atoms with Crippen LogP contribution in [0, 0.1) is 11.3 Å². The van der Waals surface area contributed by atoms with Gasteiger partial charge in [-0.3, -0.25) is 5.26 Å². The molecular formula is C8H18O2. The van der Waals surface area contributed by atoms with Gasteiger partial charge in [-0.05, 0) is 17.8 Å². The Hall–Kier alpha value is -0.0800. The van der Waals surface area contributed by atoms with Crippen LogP contribution in [-0.2, 0) is 4.89 Å². The highest BCUT2D eigenvalue weighted by atomic mass is 17.1. The molecule has 0 aliphatic carbocycles. The van der Waals surface area contributed by atoms with Crippen molar-refractivity contribution in [2.45, 2.75) is 34.1 Å². The smallest absolute Gasteiger partial charge is 0.0845 e. The van der Waals surface area contributed by atoms with E-state index >= 15 is 0 Å². The summed E-state index contributed by atoms with van der Waals surface area (Å²) in [6.07, 6.45) is 1.08. The number of hydrogen-bond acceptors (Lipinski definition) is 2. The van der Waals surface area contributed by atoms with Crippen molar-refractivity contribution in [2.75, 3.05) is 6.61 Å². The summed E-state index contributed by atoms with van der Waals surface area (Å²) < 4.78 is 0. The van der Waals surface area contributed by atoms with Crippen LogP contribution in [0.3, 0.4) is 0 Å². The molecule has 0 amide bonds. The molecule has 0 spiro atoms. The Labute approximate surface area is 63.1 Å². The summed E-state index contributed by atoms with van der Waals surface area (Å²) >= 11 is 0. The Morgan fingerprint density at radius 3 is 2.20 bits per heavy atom. The summed E-state index contributed by atoms with van der Waals surface area (Å²) in [5.41, 5.74) is 0.331. The van der Waals surface area contributed by atoms with E-state index in [0.717, 1.165) is 6.42 Å². The molecule has 2 nitrogen and oxygen atoms in total. The first-order valence-electron chi connectivity index (χ1n) is 3.72. The Morgan fingerprint density at radius 1 is 1.40 bits per heavy atom. The van der Waals surface area contributed by atoms with Gasteiger partial charge in [0.2, 0.25) is 0 Å². The van der Waals surface area contributed by atoms with Gasteiger partial charge in [0.1, 0.15) is 0 Å². The van der Waals surface area contributed by atoms with E-state index < -0.39 is 0 Å². The molecule has 0 aliphatic heterocycles. The SMILES string of the molecule is CC(COO)CC(C)(C)C. The lowest BCUT2D eigenvalue weighted by molar-refractivity contribution is -0.251. The predicted molar refractivity (Wildman–Crippen MR) is 41.8 cm³/mol. The van der Waals surface area contributed by atoms with Crippen molar-refractivity contribution >= 4 is 0 Å². The lowest BCUT2D eigenvalue weighted by Gasteiger charge is -2.21. The second kappa shape index (κ2) is 3.94. The van der Waals surface area contributed by atoms with Gasteiger partial charge in [-0.2, -0.15) is 0 Å². The van der Waals surface area contributed by atoms with Crippen LogP contribution in [0.2, 0.25) is 0 Å². The summed E-state index contributed by atoms with van der Waals surface area (Å²) in [6, 6.07) is 0. The zero-order chi connectivity index (χ0) is 8.20. The van der Waals surface area contributed by atoms with Crippen molar-refractivity contribution in [1.29, 1.82) is 0 Å². The summed E-state index contributed by atoms with van der Waals surface area (Å²) in [5, 5.41) is 8.13. The molecule has 0 saturated carbocycles. The van der Waals surface area contributed by atoms with E-state index in [4.69, 9.17) is 5.26 Å². The van der Waals surface area contributed by atoms with Crippen LogP contribution in [0.25, 0.3) is 0 Å². The quantitative estimate of drug-likeness (QED) is 0.489. The van der Waals surface area contributed by atoms with Crippen LogP contribution < -0.4 is 0 Å². The van der Waals surface area contributed by atoms with Crippen molar-refractivity contribution in [3.63, 3.8) is 0 Å². The minimum absolute atomic E-state index is 0.331. The van der Waals surface area contributed by atoms with Gasteiger partial charge in [-0.1, -0.05) is 27.7 Å². The normalized spacial score (nSPS) is 15.3. The van der Waals surface area contributed by atoms with Gasteiger partial charge in [-0.15, -0.1) is 0 Å². The Kier molecular flexibility index (Phi) is 3.91. The summed E-state index contributed by atoms with van der Waals surface area (Å²) in [6.45, 7) is 9.06. The molecule has 0 aliphatic rings. The van der Waals surface area contributed by atoms with Crippen LogP contribution in [0.15, 0.2) is 0 Å². The molecule has 0 aromatic carbocycles. The second-order valence-corrected chi connectivity index (χ2v) is 4.17. The van der Waals surface area contributed by atoms with E-state index in [1.165, 1.54) is 0 Å². The van der Waals surface area contributed by atoms with Crippen molar-refractivity contribution < 1.29 is 10.1 Å². The third-order valence-electron chi connectivity index (χ3n) is 1.32. The van der Waals surface area contributed by atoms with Gasteiger partial charge in [0, 0.05) is 0 Å². The van der Waals surface area contributed by atoms with Crippen molar-refractivity contribution in [2.24, 2.45) is 11.3 Å². The minimum Gasteiger partial charge on any atom is -0.252 e. The molecule has 1 atom stereocenters. The van der Waals surface area contributed by atoms with Gasteiger partial charge < -0.3 is 0 Å². The lowest BCUT2D eigenvalue weighted by Crippen LogP contribution is -2.14. The monoisotopic (exact) mass is 146 g/mol. The lowest BCUT2D eigenvalue weighted by atomic mass is 9.86. The molecule has 2 heteroatoms. The van der Waals surface area contributed by atoms with E-state index in [2.05, 4.69) is 32.6 Å². The number of hydrogen-bond donors (Lipinski definition) is 1. The topological polar surface area (TPSA) is 29.5 Å². The first kappa shape index (κ1) is 9.92. The summed E-state index contributed by atoms with van der Waals surface area (Å²) in [5.74, 6) is 0.435. The largest absolute Gasteiger partial charge is 0.252 e. The van der Waals surface area contributed by atoms with Gasteiger partial charge in [0.25, 0.3) is 0 Å². The fourth-order valence-corrected chi connectivity index (χ4v) is 1.23. The molecule has 0 fully saturated rings. The van der Waals surface area contributed by atoms with Crippen LogP contribution in [0.1, 0.15) is 34.1 Å². The Morgan fingerprint density at radius 2 is 1.90 bits per heavy atom. The van der Waals surface area contributed by atoms with Crippen molar-refractivity contribution in [3.8, 4) is 0 Å². The maximum atomic E-state index is 8.13. The average Bonchev–Trinajstić information content (AvgIpc) is 1.59. The van der Waals surface area contributed by atoms with Crippen molar-refractivity contribution in [3.05, 3.63) is 0 Å². The molecule has 0 heterocycles. The van der Waals surface area contributed by atoms with Crippen LogP contribution >= 0.6 is 0 Å². The summed E-state index contributed by atoms with van der Waals surface area (Å²) in [4.78, 5) is 4.05. The number of rotatable bonds is 3. The van der Waals surface area contributed by atoms with Gasteiger partial charge in [-0.25, -0.2) is 4.89 Å². The highest BCUT2D eigenvalue weighted by Crippen LogP contribution is 2.23. The molecule has 0 rings (SSSR count). The highest BCUT2D eigenvalue weighted by molar-refractivity contribution is 4.65. The molecule has 1 unspecified atom stereocenters. The minimum atomic E-state index is 0.331. The Bertz CT molecular complexity index is 83.7. The maximum absolute atomic E-state index is 8.13. The first-order chi connectivity index (χ1) is 4.45. The van der Waals surface area contributed by atoms with Crippen LogP contribution in [0.5, 0.6) is 0 Å². The molecule has 0 radical (unpaired) electrons. The van der Waals surface area contributed by atoms with E-state index in [-0.39, 0.29) is 0 Å². The molecular weight excluding hydrogens is 128 g/mol. The molecule has 0 aromatic rings. The van der Waals surface area contributed by atoms with Crippen LogP contribution in [-0.4, -0.2) is 11.9 Å². The van der Waals surface area contributed by atoms with E-state index in [9.17, 15) is 0 Å². The highest BCUT2D eigenvalue weighted by Gasteiger charge is 2.14. The molecule has 1 N–H and O–H groups in total. The van der Waals surface area contributed by atoms with Gasteiger partial charge in [0.15, 0.2) is 0 Å². The molecule has 0 bridgehead atoms. The Balaban J connectivity index is 3.47. The fourth-order valence-electron chi connectivity index (χ4n) is 1.23. The van der Waals surface area contributed by atoms with E-state index in [1.807, 2.05) is 0 Å². The first-order valence-corrected chi connectivity index (χ1v) is 3.72. The zero-order valence-electron chi connectivity index (χ0n) is 7.35. The van der Waals surface area contributed by atoms with E-state index in [1.54, 1.807) is 0 Å². The molecule has 62 valence electrons. The van der Waals surface area contributed by atoms with Crippen molar-refractivity contribution in [1.82, 2.24) is 0 Å².